The van der Waals surface area contributed by atoms with Gasteiger partial charge in [-0.25, -0.2) is 0 Å². The maximum Gasteiger partial charge on any atom is 0.321 e. The summed E-state index contributed by atoms with van der Waals surface area (Å²) >= 11 is 0. The fraction of sp³-hybridized carbons (Fsp3) is 0.179. The van der Waals surface area contributed by atoms with E-state index >= 15 is 0 Å². The molecular weight excluding hydrogens is 410 g/mol. The first-order valence-electron chi connectivity index (χ1n) is 11.2. The van der Waals surface area contributed by atoms with Crippen molar-refractivity contribution in [3.05, 3.63) is 107 Å². The van der Waals surface area contributed by atoms with E-state index in [9.17, 15) is 9.90 Å². The third kappa shape index (κ3) is 4.41. The molecule has 5 heteroatoms. The maximum absolute atomic E-state index is 12.0. The van der Waals surface area contributed by atoms with Crippen molar-refractivity contribution in [2.45, 2.75) is 32.5 Å². The van der Waals surface area contributed by atoms with Crippen LogP contribution in [0.3, 0.4) is 0 Å². The summed E-state index contributed by atoms with van der Waals surface area (Å²) in [6.07, 6.45) is 4.47. The molecule has 0 radical (unpaired) electrons. The van der Waals surface area contributed by atoms with E-state index in [1.54, 1.807) is 0 Å². The van der Waals surface area contributed by atoms with Gasteiger partial charge in [0.15, 0.2) is 0 Å². The number of nitrogens with zero attached hydrogens (tertiary/aromatic N) is 1. The summed E-state index contributed by atoms with van der Waals surface area (Å²) in [6.45, 7) is 3.37. The molecule has 33 heavy (non-hydrogen) atoms. The van der Waals surface area contributed by atoms with Crippen LogP contribution in [0.1, 0.15) is 22.3 Å². The van der Waals surface area contributed by atoms with Gasteiger partial charge in [0, 0.05) is 53.7 Å². The molecule has 5 aromatic rings. The van der Waals surface area contributed by atoms with Gasteiger partial charge >= 0.3 is 5.97 Å². The molecule has 0 saturated heterocycles. The summed E-state index contributed by atoms with van der Waals surface area (Å²) in [5.41, 5.74) is 6.77. The van der Waals surface area contributed by atoms with Crippen LogP contribution in [0.2, 0.25) is 0 Å². The molecule has 0 unspecified atom stereocenters. The first-order chi connectivity index (χ1) is 16.1. The van der Waals surface area contributed by atoms with Crippen LogP contribution in [-0.2, 0) is 24.3 Å². The zero-order chi connectivity index (χ0) is 22.8. The highest BCUT2D eigenvalue weighted by atomic mass is 16.4. The van der Waals surface area contributed by atoms with Crippen molar-refractivity contribution in [1.82, 2.24) is 14.9 Å². The standard InChI is InChI=1S/C28H27N3O2/c1-19-7-6-8-20(13-19)17-31-18-22(24-10-3-5-12-27(24)31)16-30-26(28(32)33)14-21-15-29-25-11-4-2-9-23(21)25/h2-13,15,18,26,29-30H,14,16-17H2,1H3,(H,32,33)/t26-/m1/s1. The minimum absolute atomic E-state index is 0.418. The van der Waals surface area contributed by atoms with Crippen LogP contribution >= 0.6 is 0 Å². The molecule has 5 nitrogen and oxygen atoms in total. The molecule has 166 valence electrons. The van der Waals surface area contributed by atoms with E-state index in [4.69, 9.17) is 0 Å². The summed E-state index contributed by atoms with van der Waals surface area (Å²) in [4.78, 5) is 15.3. The first-order valence-corrected chi connectivity index (χ1v) is 11.2. The third-order valence-electron chi connectivity index (χ3n) is 6.24. The number of aryl methyl sites for hydroxylation is 1. The summed E-state index contributed by atoms with van der Waals surface area (Å²) < 4.78 is 2.25. The Bertz CT molecular complexity index is 1430. The monoisotopic (exact) mass is 437 g/mol. The molecule has 5 rings (SSSR count). The third-order valence-corrected chi connectivity index (χ3v) is 6.24. The van der Waals surface area contributed by atoms with E-state index in [0.717, 1.165) is 39.5 Å². The molecule has 0 spiro atoms. The van der Waals surface area contributed by atoms with Crippen LogP contribution in [-0.4, -0.2) is 26.7 Å². The number of aromatic amines is 1. The van der Waals surface area contributed by atoms with Gasteiger partial charge < -0.3 is 14.7 Å². The van der Waals surface area contributed by atoms with Gasteiger partial charge in [0.05, 0.1) is 0 Å². The number of carboxylic acid groups (broad SMARTS) is 1. The lowest BCUT2D eigenvalue weighted by atomic mass is 10.0. The Morgan fingerprint density at radius 3 is 2.61 bits per heavy atom. The van der Waals surface area contributed by atoms with Crippen molar-refractivity contribution in [3.63, 3.8) is 0 Å². The lowest BCUT2D eigenvalue weighted by Gasteiger charge is -2.14. The van der Waals surface area contributed by atoms with E-state index in [1.165, 1.54) is 11.1 Å². The Morgan fingerprint density at radius 2 is 1.79 bits per heavy atom. The predicted molar refractivity (Wildman–Crippen MR) is 132 cm³/mol. The molecule has 0 fully saturated rings. The van der Waals surface area contributed by atoms with E-state index in [0.29, 0.717) is 13.0 Å². The lowest BCUT2D eigenvalue weighted by Crippen LogP contribution is -2.38. The number of hydrogen-bond donors (Lipinski definition) is 3. The molecule has 2 heterocycles. The molecule has 2 aromatic heterocycles. The van der Waals surface area contributed by atoms with Gasteiger partial charge in [-0.3, -0.25) is 10.1 Å². The quantitative estimate of drug-likeness (QED) is 0.310. The van der Waals surface area contributed by atoms with Crippen molar-refractivity contribution in [1.29, 1.82) is 0 Å². The van der Waals surface area contributed by atoms with E-state index in [-0.39, 0.29) is 0 Å². The van der Waals surface area contributed by atoms with Crippen LogP contribution in [0.15, 0.2) is 85.2 Å². The second-order valence-corrected chi connectivity index (χ2v) is 8.62. The molecule has 0 amide bonds. The smallest absolute Gasteiger partial charge is 0.321 e. The van der Waals surface area contributed by atoms with Gasteiger partial charge in [-0.2, -0.15) is 0 Å². The Kier molecular flexibility index (Phi) is 5.71. The van der Waals surface area contributed by atoms with Gasteiger partial charge in [-0.05, 0) is 35.7 Å². The second kappa shape index (κ2) is 8.96. The van der Waals surface area contributed by atoms with Gasteiger partial charge in [0.2, 0.25) is 0 Å². The molecule has 3 N–H and O–H groups in total. The molecular formula is C28H27N3O2. The normalized spacial score (nSPS) is 12.4. The first kappa shape index (κ1) is 21.0. The van der Waals surface area contributed by atoms with Crippen LogP contribution in [0.5, 0.6) is 0 Å². The van der Waals surface area contributed by atoms with E-state index in [1.807, 2.05) is 42.6 Å². The average Bonchev–Trinajstić information content (AvgIpc) is 3.38. The highest BCUT2D eigenvalue weighted by Crippen LogP contribution is 2.24. The summed E-state index contributed by atoms with van der Waals surface area (Å²) in [6, 6.07) is 24.1. The summed E-state index contributed by atoms with van der Waals surface area (Å²) in [7, 11) is 0. The number of aliphatic carboxylic acids is 1. The fourth-order valence-corrected chi connectivity index (χ4v) is 4.60. The Labute approximate surface area is 192 Å². The van der Waals surface area contributed by atoms with Crippen molar-refractivity contribution < 1.29 is 9.90 Å². The highest BCUT2D eigenvalue weighted by molar-refractivity contribution is 5.85. The molecule has 0 aliphatic heterocycles. The van der Waals surface area contributed by atoms with Crippen molar-refractivity contribution in [2.75, 3.05) is 0 Å². The number of para-hydroxylation sites is 2. The Morgan fingerprint density at radius 1 is 1.00 bits per heavy atom. The number of H-pyrrole nitrogens is 1. The Balaban J connectivity index is 1.38. The molecule has 1 atom stereocenters. The van der Waals surface area contributed by atoms with Gasteiger partial charge in [-0.15, -0.1) is 0 Å². The highest BCUT2D eigenvalue weighted by Gasteiger charge is 2.20. The average molecular weight is 438 g/mol. The fourth-order valence-electron chi connectivity index (χ4n) is 4.60. The van der Waals surface area contributed by atoms with Gasteiger partial charge in [0.1, 0.15) is 6.04 Å². The minimum atomic E-state index is -0.844. The Hall–Kier alpha value is -3.83. The molecule has 0 bridgehead atoms. The van der Waals surface area contributed by atoms with Gasteiger partial charge in [-0.1, -0.05) is 66.2 Å². The number of nitrogens with one attached hydrogen (secondary N) is 2. The van der Waals surface area contributed by atoms with E-state index < -0.39 is 12.0 Å². The molecule has 0 saturated carbocycles. The lowest BCUT2D eigenvalue weighted by molar-refractivity contribution is -0.139. The topological polar surface area (TPSA) is 70.0 Å². The number of hydrogen-bond acceptors (Lipinski definition) is 2. The number of carboxylic acids is 1. The summed E-state index contributed by atoms with van der Waals surface area (Å²) in [5, 5.41) is 15.4. The number of fused-ring (bicyclic) bond motifs is 2. The van der Waals surface area contributed by atoms with Crippen molar-refractivity contribution >= 4 is 27.8 Å². The van der Waals surface area contributed by atoms with Crippen LogP contribution in [0.25, 0.3) is 21.8 Å². The van der Waals surface area contributed by atoms with Crippen LogP contribution in [0.4, 0.5) is 0 Å². The van der Waals surface area contributed by atoms with Gasteiger partial charge in [0.25, 0.3) is 0 Å². The number of rotatable bonds is 8. The van der Waals surface area contributed by atoms with Crippen LogP contribution < -0.4 is 5.32 Å². The van der Waals surface area contributed by atoms with Crippen LogP contribution in [0, 0.1) is 6.92 Å². The number of benzene rings is 3. The van der Waals surface area contributed by atoms with Crippen molar-refractivity contribution in [3.8, 4) is 0 Å². The van der Waals surface area contributed by atoms with E-state index in [2.05, 4.69) is 64.4 Å². The largest absolute Gasteiger partial charge is 0.480 e. The maximum atomic E-state index is 12.0. The zero-order valence-electron chi connectivity index (χ0n) is 18.6. The zero-order valence-corrected chi connectivity index (χ0v) is 18.6. The molecule has 0 aliphatic rings. The SMILES string of the molecule is Cc1cccc(Cn2cc(CN[C@H](Cc3c[nH]c4ccccc34)C(=O)O)c3ccccc32)c1. The predicted octanol–water partition coefficient (Wildman–Crippen LogP) is 5.26. The minimum Gasteiger partial charge on any atom is -0.480 e. The second-order valence-electron chi connectivity index (χ2n) is 8.62. The number of aromatic nitrogens is 2. The van der Waals surface area contributed by atoms with Crippen molar-refractivity contribution in [2.24, 2.45) is 0 Å². The summed E-state index contributed by atoms with van der Waals surface area (Å²) in [5.74, 6) is -0.844. The molecule has 0 aliphatic carbocycles. The number of carbonyl (C=O) groups is 1. The molecule has 3 aromatic carbocycles.